The number of aromatic nitrogens is 2. The number of hydrogen-bond donors (Lipinski definition) is 0. The van der Waals surface area contributed by atoms with Crippen molar-refractivity contribution in [2.24, 2.45) is 0 Å². The Morgan fingerprint density at radius 3 is 2.55 bits per heavy atom. The summed E-state index contributed by atoms with van der Waals surface area (Å²) >= 11 is 0. The van der Waals surface area contributed by atoms with Crippen LogP contribution in [0, 0.1) is 0 Å². The average molecular weight is 471 g/mol. The van der Waals surface area contributed by atoms with Gasteiger partial charge in [0.1, 0.15) is 13.2 Å². The highest BCUT2D eigenvalue weighted by Gasteiger charge is 2.34. The molecule has 0 spiro atoms. The van der Waals surface area contributed by atoms with Gasteiger partial charge >= 0.3 is 0 Å². The molecular formula is C22H21N3O7S. The topological polar surface area (TPSA) is 113 Å². The molecule has 0 amide bonds. The van der Waals surface area contributed by atoms with Gasteiger partial charge in [0.25, 0.3) is 0 Å². The zero-order valence-electron chi connectivity index (χ0n) is 17.6. The van der Waals surface area contributed by atoms with E-state index in [1.54, 1.807) is 24.3 Å². The minimum atomic E-state index is -3.71. The summed E-state index contributed by atoms with van der Waals surface area (Å²) in [5.74, 6) is 2.88. The van der Waals surface area contributed by atoms with Crippen LogP contribution in [0.5, 0.6) is 23.0 Å². The summed E-state index contributed by atoms with van der Waals surface area (Å²) in [6, 6.07) is 10.1. The second-order valence-corrected chi connectivity index (χ2v) is 9.96. The van der Waals surface area contributed by atoms with Crippen molar-refractivity contribution in [1.82, 2.24) is 14.5 Å². The smallest absolute Gasteiger partial charge is 0.247 e. The van der Waals surface area contributed by atoms with Crippen LogP contribution >= 0.6 is 0 Å². The van der Waals surface area contributed by atoms with Crippen LogP contribution in [0.25, 0.3) is 11.5 Å². The minimum Gasteiger partial charge on any atom is -0.486 e. The molecule has 4 heterocycles. The number of piperidine rings is 1. The SMILES string of the molecule is O=S(=O)(c1ccc2c(c1)OCCO2)N1CCCC(c2nnc(-c3ccc4c(c3)OCO4)o2)C1. The predicted molar refractivity (Wildman–Crippen MR) is 114 cm³/mol. The third-order valence-electron chi connectivity index (χ3n) is 5.94. The van der Waals surface area contributed by atoms with E-state index >= 15 is 0 Å². The van der Waals surface area contributed by atoms with Crippen LogP contribution in [0.4, 0.5) is 0 Å². The van der Waals surface area contributed by atoms with Gasteiger partial charge in [-0.1, -0.05) is 0 Å². The Morgan fingerprint density at radius 2 is 1.64 bits per heavy atom. The third-order valence-corrected chi connectivity index (χ3v) is 7.81. The molecule has 0 radical (unpaired) electrons. The van der Waals surface area contributed by atoms with Gasteiger partial charge in [-0.15, -0.1) is 10.2 Å². The Balaban J connectivity index is 1.22. The molecule has 0 saturated carbocycles. The van der Waals surface area contributed by atoms with Gasteiger partial charge in [-0.05, 0) is 43.2 Å². The summed E-state index contributed by atoms with van der Waals surface area (Å²) in [6.45, 7) is 1.72. The first-order valence-corrected chi connectivity index (χ1v) is 12.2. The van der Waals surface area contributed by atoms with E-state index in [2.05, 4.69) is 10.2 Å². The average Bonchev–Trinajstić information content (AvgIpc) is 3.53. The van der Waals surface area contributed by atoms with Crippen molar-refractivity contribution in [2.75, 3.05) is 33.1 Å². The van der Waals surface area contributed by atoms with E-state index in [0.29, 0.717) is 61.0 Å². The number of nitrogens with zero attached hydrogens (tertiary/aromatic N) is 3. The second-order valence-electron chi connectivity index (χ2n) is 8.02. The van der Waals surface area contributed by atoms with Crippen molar-refractivity contribution in [1.29, 1.82) is 0 Å². The van der Waals surface area contributed by atoms with Crippen molar-refractivity contribution >= 4 is 10.0 Å². The molecule has 0 N–H and O–H groups in total. The lowest BCUT2D eigenvalue weighted by molar-refractivity contribution is 0.171. The van der Waals surface area contributed by atoms with Gasteiger partial charge in [-0.2, -0.15) is 4.31 Å². The van der Waals surface area contributed by atoms with E-state index in [9.17, 15) is 8.42 Å². The molecule has 1 aromatic heterocycles. The molecule has 1 unspecified atom stereocenters. The molecule has 3 aliphatic rings. The first-order chi connectivity index (χ1) is 16.1. The summed E-state index contributed by atoms with van der Waals surface area (Å²) in [5.41, 5.74) is 0.717. The zero-order chi connectivity index (χ0) is 22.4. The van der Waals surface area contributed by atoms with Crippen molar-refractivity contribution in [2.45, 2.75) is 23.7 Å². The Morgan fingerprint density at radius 1 is 0.879 bits per heavy atom. The van der Waals surface area contributed by atoms with E-state index in [1.807, 2.05) is 6.07 Å². The van der Waals surface area contributed by atoms with Crippen LogP contribution in [0.2, 0.25) is 0 Å². The van der Waals surface area contributed by atoms with E-state index < -0.39 is 10.0 Å². The molecule has 0 aliphatic carbocycles. The van der Waals surface area contributed by atoms with Gasteiger partial charge in [0.15, 0.2) is 23.0 Å². The van der Waals surface area contributed by atoms with E-state index in [0.717, 1.165) is 12.0 Å². The molecule has 6 rings (SSSR count). The molecule has 1 fully saturated rings. The largest absolute Gasteiger partial charge is 0.486 e. The van der Waals surface area contributed by atoms with Gasteiger partial charge in [-0.25, -0.2) is 8.42 Å². The Kier molecular flexibility index (Phi) is 4.88. The van der Waals surface area contributed by atoms with Crippen LogP contribution < -0.4 is 18.9 Å². The molecule has 11 heteroatoms. The Hall–Kier alpha value is -3.31. The minimum absolute atomic E-state index is 0.180. The number of hydrogen-bond acceptors (Lipinski definition) is 9. The van der Waals surface area contributed by atoms with Crippen LogP contribution in [-0.4, -0.2) is 56.0 Å². The number of ether oxygens (including phenoxy) is 4. The molecule has 0 bridgehead atoms. The summed E-state index contributed by atoms with van der Waals surface area (Å²) in [5, 5.41) is 8.38. The third kappa shape index (κ3) is 3.66. The lowest BCUT2D eigenvalue weighted by atomic mass is 10.00. The van der Waals surface area contributed by atoms with Gasteiger partial charge in [0.2, 0.25) is 28.6 Å². The van der Waals surface area contributed by atoms with Gasteiger partial charge in [-0.3, -0.25) is 0 Å². The predicted octanol–water partition coefficient (Wildman–Crippen LogP) is 2.80. The molecule has 1 atom stereocenters. The maximum absolute atomic E-state index is 13.3. The fraction of sp³-hybridized carbons (Fsp3) is 0.364. The number of sulfonamides is 1. The molecule has 172 valence electrons. The van der Waals surface area contributed by atoms with Crippen LogP contribution in [0.1, 0.15) is 24.7 Å². The molecule has 3 aliphatic heterocycles. The summed E-state index contributed by atoms with van der Waals surface area (Å²) in [7, 11) is -3.71. The molecule has 10 nitrogen and oxygen atoms in total. The van der Waals surface area contributed by atoms with Gasteiger partial charge in [0, 0.05) is 24.7 Å². The van der Waals surface area contributed by atoms with Crippen molar-refractivity contribution in [3.63, 3.8) is 0 Å². The quantitative estimate of drug-likeness (QED) is 0.567. The lowest BCUT2D eigenvalue weighted by Crippen LogP contribution is -2.39. The number of rotatable bonds is 4. The highest BCUT2D eigenvalue weighted by molar-refractivity contribution is 7.89. The lowest BCUT2D eigenvalue weighted by Gasteiger charge is -2.30. The summed E-state index contributed by atoms with van der Waals surface area (Å²) < 4.78 is 55.8. The van der Waals surface area contributed by atoms with E-state index in [4.69, 9.17) is 23.4 Å². The van der Waals surface area contributed by atoms with Crippen molar-refractivity contribution in [3.8, 4) is 34.5 Å². The maximum Gasteiger partial charge on any atom is 0.247 e. The van der Waals surface area contributed by atoms with Crippen LogP contribution in [0.3, 0.4) is 0 Å². The monoisotopic (exact) mass is 471 g/mol. The molecular weight excluding hydrogens is 450 g/mol. The van der Waals surface area contributed by atoms with Crippen LogP contribution in [0.15, 0.2) is 45.7 Å². The first kappa shape index (κ1) is 20.3. The van der Waals surface area contributed by atoms with Crippen LogP contribution in [-0.2, 0) is 10.0 Å². The molecule has 3 aromatic rings. The molecule has 33 heavy (non-hydrogen) atoms. The highest BCUT2D eigenvalue weighted by Crippen LogP contribution is 2.38. The number of benzene rings is 2. The van der Waals surface area contributed by atoms with Crippen molar-refractivity contribution in [3.05, 3.63) is 42.3 Å². The first-order valence-electron chi connectivity index (χ1n) is 10.7. The zero-order valence-corrected chi connectivity index (χ0v) is 18.4. The normalized spacial score (nSPS) is 20.1. The number of fused-ring (bicyclic) bond motifs is 2. The highest BCUT2D eigenvalue weighted by atomic mass is 32.2. The van der Waals surface area contributed by atoms with E-state index in [1.165, 1.54) is 10.4 Å². The summed E-state index contributed by atoms with van der Waals surface area (Å²) in [4.78, 5) is 0.180. The molecule has 2 aromatic carbocycles. The second kappa shape index (κ2) is 7.92. The maximum atomic E-state index is 13.3. The Labute approximate surface area is 190 Å². The Bertz CT molecular complexity index is 1310. The fourth-order valence-electron chi connectivity index (χ4n) is 4.24. The van der Waals surface area contributed by atoms with Gasteiger partial charge in [0.05, 0.1) is 10.8 Å². The molecule has 1 saturated heterocycles. The van der Waals surface area contributed by atoms with Gasteiger partial charge < -0.3 is 23.4 Å². The fourth-order valence-corrected chi connectivity index (χ4v) is 5.78. The van der Waals surface area contributed by atoms with E-state index in [-0.39, 0.29) is 24.2 Å². The summed E-state index contributed by atoms with van der Waals surface area (Å²) in [6.07, 6.45) is 1.45. The van der Waals surface area contributed by atoms with Crippen molar-refractivity contribution < 1.29 is 31.8 Å². The standard InChI is InChI=1S/C22H21N3O7S/c26-33(27,16-4-6-17-20(11-16)29-9-8-28-17)25-7-1-2-15(12-25)22-24-23-21(32-22)14-3-5-18-19(10-14)31-13-30-18/h3-6,10-11,15H,1-2,7-9,12-13H2.